The Morgan fingerprint density at radius 1 is 1.12 bits per heavy atom. The number of likely N-dealkylation sites (tertiary alicyclic amines) is 1. The average molecular weight is 450 g/mol. The van der Waals surface area contributed by atoms with Crippen LogP contribution < -0.4 is 10.6 Å². The maximum absolute atomic E-state index is 12.8. The molecule has 1 saturated heterocycles. The molecule has 0 radical (unpaired) electrons. The van der Waals surface area contributed by atoms with Gasteiger partial charge in [0, 0.05) is 32.1 Å². The summed E-state index contributed by atoms with van der Waals surface area (Å²) in [5.74, 6) is 6.97. The van der Waals surface area contributed by atoms with Crippen LogP contribution in [-0.2, 0) is 17.8 Å². The lowest BCUT2D eigenvalue weighted by atomic mass is 10.0. The van der Waals surface area contributed by atoms with E-state index in [9.17, 15) is 4.79 Å². The highest BCUT2D eigenvalue weighted by molar-refractivity contribution is 6.32. The van der Waals surface area contributed by atoms with Gasteiger partial charge in [-0.2, -0.15) is 5.10 Å². The number of hydrogen-bond donors (Lipinski definition) is 1. The number of benzene rings is 2. The predicted molar refractivity (Wildman–Crippen MR) is 134 cm³/mol. The van der Waals surface area contributed by atoms with Gasteiger partial charge in [0.1, 0.15) is 5.75 Å². The number of nitrogens with zero attached hydrogens (tertiary/aromatic N) is 4. The highest BCUT2D eigenvalue weighted by Gasteiger charge is 2.30. The third-order valence-electron chi connectivity index (χ3n) is 6.07. The molecule has 176 valence electrons. The number of amides is 1. The molecule has 1 aliphatic heterocycles. The van der Waals surface area contributed by atoms with Gasteiger partial charge in [-0.1, -0.05) is 49.4 Å². The minimum Gasteiger partial charge on any atom is -0.497 e. The van der Waals surface area contributed by atoms with Crippen molar-refractivity contribution in [2.24, 2.45) is 15.9 Å². The van der Waals surface area contributed by atoms with Gasteiger partial charge in [0.15, 0.2) is 5.84 Å². The number of amidine groups is 1. The van der Waals surface area contributed by atoms with Gasteiger partial charge >= 0.3 is 0 Å². The molecule has 0 bridgehead atoms. The molecule has 0 atom stereocenters. The van der Waals surface area contributed by atoms with Crippen LogP contribution >= 0.6 is 0 Å². The number of ether oxygens (including phenoxy) is 1. The van der Waals surface area contributed by atoms with Crippen molar-refractivity contribution >= 4 is 18.0 Å². The first kappa shape index (κ1) is 24.5. The highest BCUT2D eigenvalue weighted by atomic mass is 16.5. The fourth-order valence-electron chi connectivity index (χ4n) is 4.14. The lowest BCUT2D eigenvalue weighted by Crippen LogP contribution is -2.51. The Balaban J connectivity index is 1.57. The first-order valence-corrected chi connectivity index (χ1v) is 11.6. The van der Waals surface area contributed by atoms with Crippen molar-refractivity contribution < 1.29 is 9.53 Å². The fourth-order valence-corrected chi connectivity index (χ4v) is 4.14. The Morgan fingerprint density at radius 3 is 2.42 bits per heavy atom. The number of hydrogen-bond acceptors (Lipinski definition) is 6. The number of piperidine rings is 1. The van der Waals surface area contributed by atoms with E-state index < -0.39 is 0 Å². The fraction of sp³-hybridized carbons (Fsp3) is 0.423. The van der Waals surface area contributed by atoms with Crippen LogP contribution in [0.3, 0.4) is 0 Å². The molecule has 3 rings (SSSR count). The van der Waals surface area contributed by atoms with Crippen molar-refractivity contribution in [3.63, 3.8) is 0 Å². The number of carbonyl (C=O) groups is 1. The van der Waals surface area contributed by atoms with E-state index in [-0.39, 0.29) is 11.9 Å². The summed E-state index contributed by atoms with van der Waals surface area (Å²) in [6.07, 6.45) is 4.85. The first-order chi connectivity index (χ1) is 16.1. The zero-order valence-corrected chi connectivity index (χ0v) is 19.7. The zero-order valence-electron chi connectivity index (χ0n) is 19.7. The van der Waals surface area contributed by atoms with E-state index in [4.69, 9.17) is 10.6 Å². The second-order valence-corrected chi connectivity index (χ2v) is 8.23. The summed E-state index contributed by atoms with van der Waals surface area (Å²) < 4.78 is 5.19. The van der Waals surface area contributed by atoms with Gasteiger partial charge in [0.05, 0.1) is 19.9 Å². The summed E-state index contributed by atoms with van der Waals surface area (Å²) in [6.45, 7) is 5.28. The molecule has 1 heterocycles. The molecule has 7 nitrogen and oxygen atoms in total. The maximum Gasteiger partial charge on any atom is 0.228 e. The van der Waals surface area contributed by atoms with Crippen LogP contribution in [0.25, 0.3) is 0 Å². The molecule has 33 heavy (non-hydrogen) atoms. The normalized spacial score (nSPS) is 15.6. The van der Waals surface area contributed by atoms with E-state index in [0.29, 0.717) is 18.8 Å². The molecule has 0 aliphatic carbocycles. The van der Waals surface area contributed by atoms with Gasteiger partial charge in [-0.15, -0.1) is 0 Å². The molecule has 7 heteroatoms. The van der Waals surface area contributed by atoms with Crippen molar-refractivity contribution in [2.75, 3.05) is 26.7 Å². The second kappa shape index (κ2) is 12.7. The Hall–Kier alpha value is -3.19. The van der Waals surface area contributed by atoms with E-state index >= 15 is 0 Å². The Morgan fingerprint density at radius 2 is 1.82 bits per heavy atom. The van der Waals surface area contributed by atoms with Gasteiger partial charge in [-0.3, -0.25) is 14.7 Å². The van der Waals surface area contributed by atoms with Crippen LogP contribution in [0, 0.1) is 0 Å². The molecule has 1 fully saturated rings. The molecule has 2 aromatic rings. The molecule has 0 unspecified atom stereocenters. The van der Waals surface area contributed by atoms with Gasteiger partial charge in [-0.25, -0.2) is 0 Å². The Kier molecular flexibility index (Phi) is 9.44. The number of methoxy groups -OCH3 is 1. The van der Waals surface area contributed by atoms with Crippen molar-refractivity contribution in [3.8, 4) is 5.75 Å². The van der Waals surface area contributed by atoms with Crippen LogP contribution in [-0.4, -0.2) is 60.5 Å². The SMILES string of the molecule is CCC(=O)N(C(C=NCc1ccc(OC)cc1)=NN)C1CCN(CCc2ccccc2)CC1. The number of nitrogens with two attached hydrogens (primary N) is 1. The van der Waals surface area contributed by atoms with E-state index in [1.807, 2.05) is 37.3 Å². The minimum absolute atomic E-state index is 0.0258. The van der Waals surface area contributed by atoms with E-state index in [2.05, 4.69) is 39.3 Å². The van der Waals surface area contributed by atoms with Gasteiger partial charge < -0.3 is 15.5 Å². The standard InChI is InChI=1S/C26H35N5O2/c1-3-26(32)31(25(29-27)20-28-19-22-9-11-24(33-2)12-10-22)23-14-17-30(18-15-23)16-13-21-7-5-4-6-8-21/h4-12,20,23H,3,13-19,27H2,1-2H3. The second-order valence-electron chi connectivity index (χ2n) is 8.23. The number of hydrazone groups is 1. The van der Waals surface area contributed by atoms with E-state index in [1.165, 1.54) is 5.56 Å². The molecule has 1 amide bonds. The molecular formula is C26H35N5O2. The van der Waals surface area contributed by atoms with E-state index in [1.54, 1.807) is 18.2 Å². The minimum atomic E-state index is 0.0258. The van der Waals surface area contributed by atoms with Gasteiger partial charge in [0.2, 0.25) is 5.91 Å². The summed E-state index contributed by atoms with van der Waals surface area (Å²) in [6, 6.07) is 18.4. The van der Waals surface area contributed by atoms with Crippen molar-refractivity contribution in [3.05, 3.63) is 65.7 Å². The van der Waals surface area contributed by atoms with Crippen LogP contribution in [0.2, 0.25) is 0 Å². The summed E-state index contributed by atoms with van der Waals surface area (Å²) in [4.78, 5) is 21.5. The molecule has 1 aliphatic rings. The summed E-state index contributed by atoms with van der Waals surface area (Å²) in [5.41, 5.74) is 2.40. The van der Waals surface area contributed by atoms with Crippen LogP contribution in [0.15, 0.2) is 64.7 Å². The van der Waals surface area contributed by atoms with Crippen LogP contribution in [0.1, 0.15) is 37.3 Å². The maximum atomic E-state index is 12.8. The van der Waals surface area contributed by atoms with Gasteiger partial charge in [-0.05, 0) is 42.5 Å². The summed E-state index contributed by atoms with van der Waals surface area (Å²) >= 11 is 0. The summed E-state index contributed by atoms with van der Waals surface area (Å²) in [5, 5.41) is 3.93. The number of rotatable bonds is 9. The van der Waals surface area contributed by atoms with Crippen LogP contribution in [0.5, 0.6) is 5.75 Å². The topological polar surface area (TPSA) is 83.5 Å². The first-order valence-electron chi connectivity index (χ1n) is 11.6. The predicted octanol–water partition coefficient (Wildman–Crippen LogP) is 3.48. The molecule has 2 N–H and O–H groups in total. The molecular weight excluding hydrogens is 414 g/mol. The molecule has 0 aromatic heterocycles. The number of aliphatic imine (C=N–C) groups is 1. The van der Waals surface area contributed by atoms with Crippen LogP contribution in [0.4, 0.5) is 0 Å². The average Bonchev–Trinajstić information content (AvgIpc) is 2.88. The third kappa shape index (κ3) is 7.15. The lowest BCUT2D eigenvalue weighted by Gasteiger charge is -2.38. The smallest absolute Gasteiger partial charge is 0.228 e. The van der Waals surface area contributed by atoms with E-state index in [0.717, 1.165) is 50.2 Å². The monoisotopic (exact) mass is 449 g/mol. The summed E-state index contributed by atoms with van der Waals surface area (Å²) in [7, 11) is 1.64. The Labute approximate surface area is 196 Å². The van der Waals surface area contributed by atoms with Gasteiger partial charge in [0.25, 0.3) is 0 Å². The lowest BCUT2D eigenvalue weighted by molar-refractivity contribution is -0.129. The van der Waals surface area contributed by atoms with Crippen molar-refractivity contribution in [2.45, 2.75) is 45.2 Å². The molecule has 0 saturated carbocycles. The zero-order chi connectivity index (χ0) is 23.5. The molecule has 0 spiro atoms. The van der Waals surface area contributed by atoms with Crippen molar-refractivity contribution in [1.82, 2.24) is 9.80 Å². The Bertz CT molecular complexity index is 919. The molecule has 2 aromatic carbocycles. The number of carbonyl (C=O) groups excluding carboxylic acids is 1. The highest BCUT2D eigenvalue weighted by Crippen LogP contribution is 2.19. The quantitative estimate of drug-likeness (QED) is 0.275. The largest absolute Gasteiger partial charge is 0.497 e. The third-order valence-corrected chi connectivity index (χ3v) is 6.07. The van der Waals surface area contributed by atoms with Crippen molar-refractivity contribution in [1.29, 1.82) is 0 Å².